The van der Waals surface area contributed by atoms with Gasteiger partial charge in [-0.15, -0.1) is 0 Å². The van der Waals surface area contributed by atoms with Crippen LogP contribution in [0, 0.1) is 0 Å². The van der Waals surface area contributed by atoms with E-state index in [2.05, 4.69) is 16.9 Å². The van der Waals surface area contributed by atoms with Crippen molar-refractivity contribution < 1.29 is 4.79 Å². The number of amides is 1. The first-order valence-electron chi connectivity index (χ1n) is 6.97. The second kappa shape index (κ2) is 11.0. The van der Waals surface area contributed by atoms with Crippen LogP contribution in [-0.4, -0.2) is 31.0 Å². The molecule has 0 radical (unpaired) electrons. The first kappa shape index (κ1) is 17.3. The van der Waals surface area contributed by atoms with E-state index in [-0.39, 0.29) is 5.91 Å². The van der Waals surface area contributed by atoms with Gasteiger partial charge < -0.3 is 10.6 Å². The molecule has 0 aromatic heterocycles. The second-order valence-electron chi connectivity index (χ2n) is 4.64. The molecule has 1 aromatic rings. The van der Waals surface area contributed by atoms with Gasteiger partial charge in [-0.05, 0) is 49.6 Å². The van der Waals surface area contributed by atoms with E-state index in [0.29, 0.717) is 11.6 Å². The Bertz CT molecular complexity index is 401. The van der Waals surface area contributed by atoms with Crippen LogP contribution in [0.4, 0.5) is 5.69 Å². The van der Waals surface area contributed by atoms with Gasteiger partial charge in [0.15, 0.2) is 0 Å². The standard InChI is InChI=1S/C15H23ClN2OS/c1-20-10-5-3-2-4-9-17-12-15(19)18-14-8-6-7-13(16)11-14/h6-8,11,17H,2-5,9-10,12H2,1H3,(H,18,19). The molecule has 0 saturated carbocycles. The molecule has 0 fully saturated rings. The van der Waals surface area contributed by atoms with Crippen LogP contribution in [0.3, 0.4) is 0 Å². The number of anilines is 1. The molecular formula is C15H23ClN2OS. The third-order valence-electron chi connectivity index (χ3n) is 2.85. The molecule has 0 spiro atoms. The maximum atomic E-state index is 11.7. The number of thioether (sulfide) groups is 1. The van der Waals surface area contributed by atoms with Crippen LogP contribution in [0.1, 0.15) is 25.7 Å². The average Bonchev–Trinajstić information content (AvgIpc) is 2.42. The number of hydrogen-bond acceptors (Lipinski definition) is 3. The van der Waals surface area contributed by atoms with Crippen molar-refractivity contribution >= 4 is 35.0 Å². The minimum Gasteiger partial charge on any atom is -0.325 e. The summed E-state index contributed by atoms with van der Waals surface area (Å²) in [5.41, 5.74) is 0.737. The van der Waals surface area contributed by atoms with Crippen molar-refractivity contribution in [3.8, 4) is 0 Å². The highest BCUT2D eigenvalue weighted by atomic mass is 35.5. The first-order chi connectivity index (χ1) is 9.72. The molecule has 0 aliphatic heterocycles. The molecule has 0 aliphatic carbocycles. The van der Waals surface area contributed by atoms with E-state index in [1.54, 1.807) is 12.1 Å². The summed E-state index contributed by atoms with van der Waals surface area (Å²) < 4.78 is 0. The maximum Gasteiger partial charge on any atom is 0.238 e. The highest BCUT2D eigenvalue weighted by Gasteiger charge is 2.01. The van der Waals surface area contributed by atoms with E-state index in [4.69, 9.17) is 11.6 Å². The summed E-state index contributed by atoms with van der Waals surface area (Å²) in [7, 11) is 0. The molecular weight excluding hydrogens is 292 g/mol. The van der Waals surface area contributed by atoms with Crippen LogP contribution >= 0.6 is 23.4 Å². The van der Waals surface area contributed by atoms with Gasteiger partial charge in [-0.2, -0.15) is 11.8 Å². The molecule has 0 heterocycles. The molecule has 5 heteroatoms. The van der Waals surface area contributed by atoms with E-state index < -0.39 is 0 Å². The summed E-state index contributed by atoms with van der Waals surface area (Å²) in [5.74, 6) is 1.21. The van der Waals surface area contributed by atoms with Crippen molar-refractivity contribution in [2.45, 2.75) is 25.7 Å². The van der Waals surface area contributed by atoms with Crippen LogP contribution in [0.15, 0.2) is 24.3 Å². The van der Waals surface area contributed by atoms with Gasteiger partial charge in [-0.25, -0.2) is 0 Å². The molecule has 20 heavy (non-hydrogen) atoms. The topological polar surface area (TPSA) is 41.1 Å². The monoisotopic (exact) mass is 314 g/mol. The van der Waals surface area contributed by atoms with Crippen LogP contribution in [0.25, 0.3) is 0 Å². The molecule has 1 aromatic carbocycles. The SMILES string of the molecule is CSCCCCCCNCC(=O)Nc1cccc(Cl)c1. The fourth-order valence-corrected chi connectivity index (χ4v) is 2.51. The Labute approximate surface area is 130 Å². The molecule has 112 valence electrons. The zero-order valence-electron chi connectivity index (χ0n) is 12.0. The van der Waals surface area contributed by atoms with Crippen molar-refractivity contribution in [3.63, 3.8) is 0 Å². The van der Waals surface area contributed by atoms with E-state index in [0.717, 1.165) is 18.7 Å². The van der Waals surface area contributed by atoms with E-state index in [9.17, 15) is 4.79 Å². The Hall–Kier alpha value is -0.710. The van der Waals surface area contributed by atoms with E-state index in [1.807, 2.05) is 23.9 Å². The lowest BCUT2D eigenvalue weighted by Gasteiger charge is -2.07. The lowest BCUT2D eigenvalue weighted by Crippen LogP contribution is -2.28. The van der Waals surface area contributed by atoms with Gasteiger partial charge >= 0.3 is 0 Å². The number of rotatable bonds is 10. The smallest absolute Gasteiger partial charge is 0.238 e. The molecule has 0 unspecified atom stereocenters. The van der Waals surface area contributed by atoms with Crippen LogP contribution in [0.2, 0.25) is 5.02 Å². The van der Waals surface area contributed by atoms with Crippen LogP contribution in [0.5, 0.6) is 0 Å². The van der Waals surface area contributed by atoms with Gasteiger partial charge in [0.2, 0.25) is 5.91 Å². The summed E-state index contributed by atoms with van der Waals surface area (Å²) in [6.07, 6.45) is 7.05. The highest BCUT2D eigenvalue weighted by Crippen LogP contribution is 2.14. The normalized spacial score (nSPS) is 10.5. The van der Waals surface area contributed by atoms with Gasteiger partial charge in [0.1, 0.15) is 0 Å². The van der Waals surface area contributed by atoms with Crippen molar-refractivity contribution in [1.82, 2.24) is 5.32 Å². The molecule has 1 rings (SSSR count). The van der Waals surface area contributed by atoms with Crippen molar-refractivity contribution in [1.29, 1.82) is 0 Å². The lowest BCUT2D eigenvalue weighted by molar-refractivity contribution is -0.115. The molecule has 0 bridgehead atoms. The summed E-state index contributed by atoms with van der Waals surface area (Å²) in [6.45, 7) is 1.24. The maximum absolute atomic E-state index is 11.7. The fourth-order valence-electron chi connectivity index (χ4n) is 1.82. The molecule has 2 N–H and O–H groups in total. The Morgan fingerprint density at radius 1 is 1.25 bits per heavy atom. The molecule has 0 aliphatic rings. The predicted octanol–water partition coefficient (Wildman–Crippen LogP) is 3.79. The second-order valence-corrected chi connectivity index (χ2v) is 6.06. The first-order valence-corrected chi connectivity index (χ1v) is 8.74. The zero-order chi connectivity index (χ0) is 14.6. The third-order valence-corrected chi connectivity index (χ3v) is 3.78. The number of carbonyl (C=O) groups is 1. The van der Waals surface area contributed by atoms with Crippen molar-refractivity contribution in [2.24, 2.45) is 0 Å². The van der Waals surface area contributed by atoms with Gasteiger partial charge in [0.25, 0.3) is 0 Å². The number of halogens is 1. The fraction of sp³-hybridized carbons (Fsp3) is 0.533. The lowest BCUT2D eigenvalue weighted by atomic mass is 10.2. The molecule has 3 nitrogen and oxygen atoms in total. The number of unbranched alkanes of at least 4 members (excludes halogenated alkanes) is 3. The Kier molecular flexibility index (Phi) is 9.54. The largest absolute Gasteiger partial charge is 0.325 e. The molecule has 0 saturated heterocycles. The zero-order valence-corrected chi connectivity index (χ0v) is 13.5. The minimum atomic E-state index is -0.0327. The van der Waals surface area contributed by atoms with Crippen molar-refractivity contribution in [3.05, 3.63) is 29.3 Å². The van der Waals surface area contributed by atoms with Crippen molar-refractivity contribution in [2.75, 3.05) is 30.4 Å². The Morgan fingerprint density at radius 2 is 2.05 bits per heavy atom. The summed E-state index contributed by atoms with van der Waals surface area (Å²) >= 11 is 7.76. The van der Waals surface area contributed by atoms with Gasteiger partial charge in [-0.1, -0.05) is 30.5 Å². The van der Waals surface area contributed by atoms with Crippen LogP contribution < -0.4 is 10.6 Å². The van der Waals surface area contributed by atoms with E-state index in [1.165, 1.54) is 25.0 Å². The summed E-state index contributed by atoms with van der Waals surface area (Å²) in [5, 5.41) is 6.60. The van der Waals surface area contributed by atoms with Gasteiger partial charge in [0, 0.05) is 10.7 Å². The third kappa shape index (κ3) is 8.46. The van der Waals surface area contributed by atoms with Gasteiger partial charge in [0.05, 0.1) is 6.54 Å². The summed E-state index contributed by atoms with van der Waals surface area (Å²) in [4.78, 5) is 11.7. The van der Waals surface area contributed by atoms with Crippen LogP contribution in [-0.2, 0) is 4.79 Å². The Balaban J connectivity index is 2.03. The summed E-state index contributed by atoms with van der Waals surface area (Å²) in [6, 6.07) is 7.17. The molecule has 0 atom stereocenters. The quantitative estimate of drug-likeness (QED) is 0.646. The number of carbonyl (C=O) groups excluding carboxylic acids is 1. The number of hydrogen-bond donors (Lipinski definition) is 2. The number of nitrogens with one attached hydrogen (secondary N) is 2. The van der Waals surface area contributed by atoms with Gasteiger partial charge in [-0.3, -0.25) is 4.79 Å². The van der Waals surface area contributed by atoms with E-state index >= 15 is 0 Å². The molecule has 1 amide bonds. The highest BCUT2D eigenvalue weighted by molar-refractivity contribution is 7.98. The number of benzene rings is 1. The minimum absolute atomic E-state index is 0.0327. The average molecular weight is 315 g/mol. The Morgan fingerprint density at radius 3 is 2.80 bits per heavy atom. The predicted molar refractivity (Wildman–Crippen MR) is 89.8 cm³/mol.